The molecular formula is C35H27Cl2N3O8S. The molecule has 5 aromatic rings. The second kappa shape index (κ2) is 14.1. The lowest BCUT2D eigenvalue weighted by Crippen LogP contribution is -2.39. The number of benzene rings is 3. The van der Waals surface area contributed by atoms with Gasteiger partial charge in [-0.1, -0.05) is 64.9 Å². The number of hydrogen-bond donors (Lipinski definition) is 0. The molecule has 0 N–H and O–H groups in total. The van der Waals surface area contributed by atoms with E-state index >= 15 is 0 Å². The number of furan rings is 1. The van der Waals surface area contributed by atoms with Gasteiger partial charge in [-0.05, 0) is 61.9 Å². The van der Waals surface area contributed by atoms with Gasteiger partial charge in [-0.15, -0.1) is 0 Å². The van der Waals surface area contributed by atoms with E-state index in [2.05, 4.69) is 4.99 Å². The van der Waals surface area contributed by atoms with Crippen molar-refractivity contribution in [3.05, 3.63) is 141 Å². The first-order valence-electron chi connectivity index (χ1n) is 14.9. The Bertz CT molecular complexity index is 2310. The van der Waals surface area contributed by atoms with E-state index < -0.39 is 22.5 Å². The third kappa shape index (κ3) is 6.75. The van der Waals surface area contributed by atoms with Crippen LogP contribution in [0.2, 0.25) is 10.0 Å². The molecule has 0 bridgehead atoms. The Kier molecular flexibility index (Phi) is 9.72. The number of nitrogens with zero attached hydrogens (tertiary/aromatic N) is 3. The highest BCUT2D eigenvalue weighted by atomic mass is 35.5. The first-order valence-corrected chi connectivity index (χ1v) is 16.4. The Hall–Kier alpha value is -5.17. The molecule has 49 heavy (non-hydrogen) atoms. The molecule has 2 aromatic heterocycles. The van der Waals surface area contributed by atoms with Crippen molar-refractivity contribution in [2.75, 3.05) is 13.7 Å². The fourth-order valence-electron chi connectivity index (χ4n) is 5.35. The van der Waals surface area contributed by atoms with Crippen LogP contribution in [0.1, 0.15) is 36.8 Å². The van der Waals surface area contributed by atoms with E-state index in [0.717, 1.165) is 16.9 Å². The zero-order chi connectivity index (χ0) is 34.8. The van der Waals surface area contributed by atoms with Crippen molar-refractivity contribution >= 4 is 52.3 Å². The van der Waals surface area contributed by atoms with E-state index in [0.29, 0.717) is 27.1 Å². The monoisotopic (exact) mass is 719 g/mol. The second-order valence-electron chi connectivity index (χ2n) is 10.7. The van der Waals surface area contributed by atoms with Gasteiger partial charge in [-0.3, -0.25) is 19.5 Å². The first-order chi connectivity index (χ1) is 23.6. The van der Waals surface area contributed by atoms with Gasteiger partial charge in [0, 0.05) is 5.56 Å². The highest BCUT2D eigenvalue weighted by Crippen LogP contribution is 2.37. The molecule has 11 nitrogen and oxygen atoms in total. The molecule has 0 saturated carbocycles. The third-order valence-corrected chi connectivity index (χ3v) is 9.37. The van der Waals surface area contributed by atoms with Crippen molar-refractivity contribution in [3.8, 4) is 22.8 Å². The third-order valence-electron chi connectivity index (χ3n) is 7.65. The predicted octanol–water partition coefficient (Wildman–Crippen LogP) is 6.86. The Balaban J connectivity index is 1.47. The number of rotatable bonds is 10. The maximum absolute atomic E-state index is 14.2. The molecule has 1 aliphatic rings. The number of carbonyl (C=O) groups excluding carboxylic acids is 1. The van der Waals surface area contributed by atoms with E-state index in [4.69, 9.17) is 41.8 Å². The molecule has 0 fully saturated rings. The Morgan fingerprint density at radius 2 is 1.86 bits per heavy atom. The first kappa shape index (κ1) is 33.7. The highest BCUT2D eigenvalue weighted by molar-refractivity contribution is 7.07. The summed E-state index contributed by atoms with van der Waals surface area (Å²) in [6.45, 7) is 3.57. The number of thiazole rings is 1. The van der Waals surface area contributed by atoms with Crippen LogP contribution in [-0.4, -0.2) is 29.2 Å². The van der Waals surface area contributed by atoms with Crippen LogP contribution in [0.4, 0.5) is 5.69 Å². The van der Waals surface area contributed by atoms with Crippen LogP contribution >= 0.6 is 34.5 Å². The maximum atomic E-state index is 14.2. The number of esters is 1. The van der Waals surface area contributed by atoms with Crippen LogP contribution in [0.3, 0.4) is 0 Å². The van der Waals surface area contributed by atoms with Crippen molar-refractivity contribution in [3.63, 3.8) is 0 Å². The van der Waals surface area contributed by atoms with Gasteiger partial charge in [0.2, 0.25) is 0 Å². The minimum atomic E-state index is -1.05. The summed E-state index contributed by atoms with van der Waals surface area (Å²) in [5.41, 5.74) is 1.20. The predicted molar refractivity (Wildman–Crippen MR) is 185 cm³/mol. The van der Waals surface area contributed by atoms with Gasteiger partial charge in [-0.2, -0.15) is 0 Å². The number of allylic oxidation sites excluding steroid dienone is 1. The van der Waals surface area contributed by atoms with E-state index in [1.165, 1.54) is 29.9 Å². The summed E-state index contributed by atoms with van der Waals surface area (Å²) >= 11 is 13.3. The Labute approximate surface area is 293 Å². The van der Waals surface area contributed by atoms with Gasteiger partial charge in [0.25, 0.3) is 11.2 Å². The number of nitro groups is 1. The largest absolute Gasteiger partial charge is 0.493 e. The molecule has 250 valence electrons. The summed E-state index contributed by atoms with van der Waals surface area (Å²) in [7, 11) is 1.42. The van der Waals surface area contributed by atoms with E-state index in [9.17, 15) is 19.7 Å². The van der Waals surface area contributed by atoms with Crippen LogP contribution in [0, 0.1) is 10.1 Å². The fraction of sp³-hybridized carbons (Fsp3) is 0.171. The number of nitro benzene ring substituents is 1. The summed E-state index contributed by atoms with van der Waals surface area (Å²) in [5, 5.41) is 12.9. The summed E-state index contributed by atoms with van der Waals surface area (Å²) in [6.07, 6.45) is 1.40. The normalized spacial score (nSPS) is 14.3. The molecule has 1 aliphatic heterocycles. The average molecular weight is 721 g/mol. The van der Waals surface area contributed by atoms with Gasteiger partial charge in [-0.25, -0.2) is 9.79 Å². The number of halogens is 2. The van der Waals surface area contributed by atoms with Crippen molar-refractivity contribution < 1.29 is 28.3 Å². The Morgan fingerprint density at radius 1 is 1.08 bits per heavy atom. The molecule has 3 heterocycles. The molecule has 0 radical (unpaired) electrons. The molecule has 0 unspecified atom stereocenters. The van der Waals surface area contributed by atoms with Gasteiger partial charge >= 0.3 is 5.97 Å². The van der Waals surface area contributed by atoms with Gasteiger partial charge in [0.15, 0.2) is 16.3 Å². The zero-order valence-corrected chi connectivity index (χ0v) is 28.6. The van der Waals surface area contributed by atoms with Crippen molar-refractivity contribution in [1.29, 1.82) is 0 Å². The summed E-state index contributed by atoms with van der Waals surface area (Å²) < 4.78 is 24.4. The maximum Gasteiger partial charge on any atom is 0.338 e. The highest BCUT2D eigenvalue weighted by Gasteiger charge is 2.35. The van der Waals surface area contributed by atoms with Crippen molar-refractivity contribution in [2.45, 2.75) is 26.5 Å². The van der Waals surface area contributed by atoms with Crippen LogP contribution in [0.5, 0.6) is 11.5 Å². The van der Waals surface area contributed by atoms with Crippen LogP contribution < -0.4 is 24.4 Å². The number of ether oxygens (including phenoxy) is 3. The van der Waals surface area contributed by atoms with E-state index in [-0.39, 0.29) is 56.6 Å². The molecule has 0 aliphatic carbocycles. The molecule has 0 spiro atoms. The number of carbonyl (C=O) groups is 1. The van der Waals surface area contributed by atoms with Crippen LogP contribution in [0.15, 0.2) is 98.3 Å². The molecule has 0 amide bonds. The second-order valence-corrected chi connectivity index (χ2v) is 12.5. The minimum Gasteiger partial charge on any atom is -0.493 e. The Morgan fingerprint density at radius 3 is 2.55 bits per heavy atom. The summed E-state index contributed by atoms with van der Waals surface area (Å²) in [4.78, 5) is 44.0. The summed E-state index contributed by atoms with van der Waals surface area (Å²) in [6, 6.07) is 19.4. The topological polar surface area (TPSA) is 135 Å². The lowest BCUT2D eigenvalue weighted by molar-refractivity contribution is -0.385. The lowest BCUT2D eigenvalue weighted by Gasteiger charge is -2.22. The molecule has 1 atom stereocenters. The van der Waals surface area contributed by atoms with Crippen LogP contribution in [-0.2, 0) is 16.1 Å². The molecule has 14 heteroatoms. The van der Waals surface area contributed by atoms with Gasteiger partial charge < -0.3 is 18.6 Å². The lowest BCUT2D eigenvalue weighted by atomic mass is 10.0. The standard InChI is InChI=1S/C35H27Cl2N3O8S/c1-4-46-34(42)31-19(2)38-35-39(32(31)27-13-12-26(48-27)21-10-11-23(36)24(37)14-21)33(41)30(49-35)16-22-15-28(45-3)29(17-25(22)40(43)44)47-18-20-8-6-5-7-9-20/h5-17,32H,4,18H2,1-3H3/b30-16-/t32-/m1/s1. The quantitative estimate of drug-likeness (QED) is 0.0868. The number of methoxy groups -OCH3 is 1. The molecular weight excluding hydrogens is 693 g/mol. The molecule has 3 aromatic carbocycles. The number of aromatic nitrogens is 1. The SMILES string of the molecule is CCOC(=O)C1=C(C)N=c2s/c(=C\c3cc(OC)c(OCc4ccccc4)cc3[N+](=O)[O-])c(=O)n2[C@@H]1c1ccc(-c2ccc(Cl)c(Cl)c2)o1. The number of fused-ring (bicyclic) bond motifs is 1. The fourth-order valence-corrected chi connectivity index (χ4v) is 6.69. The summed E-state index contributed by atoms with van der Waals surface area (Å²) in [5.74, 6) is 0.428. The van der Waals surface area contributed by atoms with Crippen molar-refractivity contribution in [2.24, 2.45) is 4.99 Å². The van der Waals surface area contributed by atoms with Crippen LogP contribution in [0.25, 0.3) is 17.4 Å². The van der Waals surface area contributed by atoms with Crippen molar-refractivity contribution in [1.82, 2.24) is 4.57 Å². The number of hydrogen-bond acceptors (Lipinski definition) is 10. The molecule has 6 rings (SSSR count). The minimum absolute atomic E-state index is 0.0932. The smallest absolute Gasteiger partial charge is 0.338 e. The average Bonchev–Trinajstić information content (AvgIpc) is 3.69. The van der Waals surface area contributed by atoms with Gasteiger partial charge in [0.1, 0.15) is 24.2 Å². The van der Waals surface area contributed by atoms with E-state index in [1.807, 2.05) is 30.3 Å². The molecule has 0 saturated heterocycles. The zero-order valence-electron chi connectivity index (χ0n) is 26.3. The van der Waals surface area contributed by atoms with Gasteiger partial charge in [0.05, 0.1) is 56.1 Å². The van der Waals surface area contributed by atoms with E-state index in [1.54, 1.807) is 44.2 Å².